The SMILES string of the molecule is C/C(=N/Nc1nc(C)cc(C)n1)c1ccc(N(C)C)cc1. The van der Waals surface area contributed by atoms with E-state index in [1.54, 1.807) is 0 Å². The molecular formula is C16H21N5. The van der Waals surface area contributed by atoms with Crippen LogP contribution in [0.3, 0.4) is 0 Å². The first-order chi connectivity index (χ1) is 9.95. The van der Waals surface area contributed by atoms with Gasteiger partial charge in [0, 0.05) is 31.2 Å². The first-order valence-electron chi connectivity index (χ1n) is 6.86. The fourth-order valence-corrected chi connectivity index (χ4v) is 1.98. The lowest BCUT2D eigenvalue weighted by molar-refractivity contribution is 1.03. The Morgan fingerprint density at radius 3 is 2.14 bits per heavy atom. The second kappa shape index (κ2) is 6.35. The van der Waals surface area contributed by atoms with Gasteiger partial charge in [-0.15, -0.1) is 0 Å². The quantitative estimate of drug-likeness (QED) is 0.692. The Labute approximate surface area is 125 Å². The average molecular weight is 283 g/mol. The molecule has 0 amide bonds. The molecule has 1 aromatic carbocycles. The summed E-state index contributed by atoms with van der Waals surface area (Å²) in [6.07, 6.45) is 0. The van der Waals surface area contributed by atoms with Crippen LogP contribution in [0.15, 0.2) is 35.4 Å². The second-order valence-corrected chi connectivity index (χ2v) is 5.22. The summed E-state index contributed by atoms with van der Waals surface area (Å²) in [4.78, 5) is 10.7. The zero-order valence-corrected chi connectivity index (χ0v) is 13.2. The van der Waals surface area contributed by atoms with Crippen molar-refractivity contribution in [1.82, 2.24) is 9.97 Å². The molecule has 0 aliphatic carbocycles. The molecule has 0 aliphatic heterocycles. The zero-order valence-electron chi connectivity index (χ0n) is 13.2. The molecule has 0 spiro atoms. The van der Waals surface area contributed by atoms with Gasteiger partial charge in [-0.05, 0) is 44.5 Å². The van der Waals surface area contributed by atoms with Crippen molar-refractivity contribution in [2.24, 2.45) is 5.10 Å². The predicted molar refractivity (Wildman–Crippen MR) is 88.1 cm³/mol. The highest BCUT2D eigenvalue weighted by atomic mass is 15.4. The third kappa shape index (κ3) is 4.02. The van der Waals surface area contributed by atoms with E-state index >= 15 is 0 Å². The van der Waals surface area contributed by atoms with Gasteiger partial charge in [0.1, 0.15) is 0 Å². The number of nitrogens with one attached hydrogen (secondary N) is 1. The lowest BCUT2D eigenvalue weighted by Crippen LogP contribution is -2.09. The molecule has 1 N–H and O–H groups in total. The minimum Gasteiger partial charge on any atom is -0.378 e. The highest BCUT2D eigenvalue weighted by Gasteiger charge is 2.01. The van der Waals surface area contributed by atoms with Crippen molar-refractivity contribution < 1.29 is 0 Å². The molecule has 0 fully saturated rings. The number of hydrazone groups is 1. The molecule has 0 bridgehead atoms. The van der Waals surface area contributed by atoms with Crippen molar-refractivity contribution in [3.05, 3.63) is 47.3 Å². The molecule has 2 aromatic rings. The van der Waals surface area contributed by atoms with Crippen LogP contribution in [0.4, 0.5) is 11.6 Å². The number of anilines is 2. The van der Waals surface area contributed by atoms with Gasteiger partial charge in [-0.2, -0.15) is 5.10 Å². The molecule has 110 valence electrons. The monoisotopic (exact) mass is 283 g/mol. The molecule has 5 nitrogen and oxygen atoms in total. The number of aromatic nitrogens is 2. The van der Waals surface area contributed by atoms with Crippen molar-refractivity contribution in [3.63, 3.8) is 0 Å². The minimum absolute atomic E-state index is 0.525. The van der Waals surface area contributed by atoms with E-state index in [1.807, 2.05) is 40.9 Å². The van der Waals surface area contributed by atoms with Gasteiger partial charge in [0.15, 0.2) is 0 Å². The molecule has 1 aromatic heterocycles. The fraction of sp³-hybridized carbons (Fsp3) is 0.312. The summed E-state index contributed by atoms with van der Waals surface area (Å²) in [5.74, 6) is 0.525. The van der Waals surface area contributed by atoms with Gasteiger partial charge >= 0.3 is 0 Å². The summed E-state index contributed by atoms with van der Waals surface area (Å²) in [5.41, 5.74) is 7.89. The molecule has 0 atom stereocenters. The van der Waals surface area contributed by atoms with Crippen LogP contribution in [0.25, 0.3) is 0 Å². The summed E-state index contributed by atoms with van der Waals surface area (Å²) in [5, 5.41) is 4.35. The summed E-state index contributed by atoms with van der Waals surface area (Å²) in [6.45, 7) is 5.84. The molecule has 0 aliphatic rings. The van der Waals surface area contributed by atoms with E-state index in [4.69, 9.17) is 0 Å². The number of benzene rings is 1. The maximum Gasteiger partial charge on any atom is 0.243 e. The lowest BCUT2D eigenvalue weighted by Gasteiger charge is -2.12. The van der Waals surface area contributed by atoms with Crippen LogP contribution in [-0.4, -0.2) is 29.8 Å². The summed E-state index contributed by atoms with van der Waals surface area (Å²) >= 11 is 0. The second-order valence-electron chi connectivity index (χ2n) is 5.22. The van der Waals surface area contributed by atoms with Crippen molar-refractivity contribution in [3.8, 4) is 0 Å². The minimum atomic E-state index is 0.525. The van der Waals surface area contributed by atoms with Gasteiger partial charge < -0.3 is 4.90 Å². The van der Waals surface area contributed by atoms with E-state index in [9.17, 15) is 0 Å². The average Bonchev–Trinajstić information content (AvgIpc) is 2.44. The topological polar surface area (TPSA) is 53.4 Å². The van der Waals surface area contributed by atoms with E-state index in [1.165, 1.54) is 0 Å². The van der Waals surface area contributed by atoms with Crippen LogP contribution >= 0.6 is 0 Å². The normalized spacial score (nSPS) is 11.4. The van der Waals surface area contributed by atoms with Crippen LogP contribution < -0.4 is 10.3 Å². The predicted octanol–water partition coefficient (Wildman–Crippen LogP) is 3.00. The molecule has 0 saturated carbocycles. The molecule has 2 rings (SSSR count). The van der Waals surface area contributed by atoms with Crippen molar-refractivity contribution >= 4 is 17.3 Å². The van der Waals surface area contributed by atoms with Crippen LogP contribution in [0.1, 0.15) is 23.9 Å². The third-order valence-electron chi connectivity index (χ3n) is 3.11. The Morgan fingerprint density at radius 2 is 1.62 bits per heavy atom. The van der Waals surface area contributed by atoms with E-state index in [0.29, 0.717) is 5.95 Å². The number of aryl methyl sites for hydroxylation is 2. The Balaban J connectivity index is 2.13. The van der Waals surface area contributed by atoms with Gasteiger partial charge in [-0.3, -0.25) is 0 Å². The Bertz CT molecular complexity index is 624. The zero-order chi connectivity index (χ0) is 15.4. The van der Waals surface area contributed by atoms with Crippen LogP contribution in [0.2, 0.25) is 0 Å². The van der Waals surface area contributed by atoms with E-state index in [-0.39, 0.29) is 0 Å². The van der Waals surface area contributed by atoms with Gasteiger partial charge in [0.2, 0.25) is 5.95 Å². The third-order valence-corrected chi connectivity index (χ3v) is 3.11. The molecular weight excluding hydrogens is 262 g/mol. The Kier molecular flexibility index (Phi) is 4.52. The fourth-order valence-electron chi connectivity index (χ4n) is 1.98. The standard InChI is InChI=1S/C16H21N5/c1-11-10-12(2)18-16(17-11)20-19-13(3)14-6-8-15(9-7-14)21(4)5/h6-10H,1-5H3,(H,17,18,20)/b19-13-. The van der Waals surface area contributed by atoms with E-state index in [0.717, 1.165) is 28.4 Å². The van der Waals surface area contributed by atoms with Crippen molar-refractivity contribution in [2.45, 2.75) is 20.8 Å². The summed E-state index contributed by atoms with van der Waals surface area (Å²) in [6, 6.07) is 10.2. The van der Waals surface area contributed by atoms with Gasteiger partial charge in [0.25, 0.3) is 0 Å². The first-order valence-corrected chi connectivity index (χ1v) is 6.86. The van der Waals surface area contributed by atoms with Crippen LogP contribution in [0, 0.1) is 13.8 Å². The van der Waals surface area contributed by atoms with Crippen molar-refractivity contribution in [2.75, 3.05) is 24.4 Å². The number of rotatable bonds is 4. The summed E-state index contributed by atoms with van der Waals surface area (Å²) in [7, 11) is 4.05. The van der Waals surface area contributed by atoms with Crippen molar-refractivity contribution in [1.29, 1.82) is 0 Å². The Morgan fingerprint density at radius 1 is 1.05 bits per heavy atom. The smallest absolute Gasteiger partial charge is 0.243 e. The maximum atomic E-state index is 4.35. The molecule has 0 radical (unpaired) electrons. The first kappa shape index (κ1) is 15.0. The number of hydrogen-bond acceptors (Lipinski definition) is 5. The highest BCUT2D eigenvalue weighted by Crippen LogP contribution is 2.13. The largest absolute Gasteiger partial charge is 0.378 e. The lowest BCUT2D eigenvalue weighted by atomic mass is 10.1. The van der Waals surface area contributed by atoms with Gasteiger partial charge in [-0.25, -0.2) is 15.4 Å². The van der Waals surface area contributed by atoms with E-state index < -0.39 is 0 Å². The number of hydrogen-bond donors (Lipinski definition) is 1. The van der Waals surface area contributed by atoms with E-state index in [2.05, 4.69) is 49.7 Å². The molecule has 21 heavy (non-hydrogen) atoms. The Hall–Kier alpha value is -2.43. The molecule has 1 heterocycles. The number of nitrogens with zero attached hydrogens (tertiary/aromatic N) is 4. The maximum absolute atomic E-state index is 4.35. The van der Waals surface area contributed by atoms with Gasteiger partial charge in [0.05, 0.1) is 5.71 Å². The van der Waals surface area contributed by atoms with Crippen LogP contribution in [0.5, 0.6) is 0 Å². The van der Waals surface area contributed by atoms with Gasteiger partial charge in [-0.1, -0.05) is 12.1 Å². The van der Waals surface area contributed by atoms with Crippen LogP contribution in [-0.2, 0) is 0 Å². The molecule has 0 unspecified atom stereocenters. The summed E-state index contributed by atoms with van der Waals surface area (Å²) < 4.78 is 0. The highest BCUT2D eigenvalue weighted by molar-refractivity contribution is 5.99. The molecule has 5 heteroatoms. The molecule has 0 saturated heterocycles.